The topological polar surface area (TPSA) is 109 Å². The van der Waals surface area contributed by atoms with Crippen LogP contribution in [0.25, 0.3) is 6.08 Å². The molecule has 1 N–H and O–H groups in total. The van der Waals surface area contributed by atoms with Gasteiger partial charge in [0, 0.05) is 18.0 Å². The Morgan fingerprint density at radius 3 is 2.53 bits per heavy atom. The van der Waals surface area contributed by atoms with E-state index in [1.54, 1.807) is 43.8 Å². The largest absolute Gasteiger partial charge is 0.493 e. The highest BCUT2D eigenvalue weighted by Gasteiger charge is 2.36. The van der Waals surface area contributed by atoms with E-state index in [1.807, 2.05) is 42.5 Å². The molecule has 1 amide bonds. The third kappa shape index (κ3) is 4.98. The van der Waals surface area contributed by atoms with Crippen LogP contribution in [0.4, 0.5) is 0 Å². The predicted molar refractivity (Wildman–Crippen MR) is 139 cm³/mol. The predicted octanol–water partition coefficient (Wildman–Crippen LogP) is 4.22. The van der Waals surface area contributed by atoms with Gasteiger partial charge in [-0.05, 0) is 59.8 Å². The number of para-hydroxylation sites is 2. The SMILES string of the molecule is COc1ccccc1OCCOc1ccc(/C=C2/C(=N)N3N=C(c4cccnc4)SC3=NC2=O)cc1. The number of thioether (sulfide) groups is 1. The van der Waals surface area contributed by atoms with E-state index in [-0.39, 0.29) is 11.4 Å². The molecule has 0 unspecified atom stereocenters. The number of hydrogen-bond acceptors (Lipinski definition) is 8. The number of methoxy groups -OCH3 is 1. The molecule has 2 aliphatic rings. The normalized spacial score (nSPS) is 15.9. The average molecular weight is 500 g/mol. The van der Waals surface area contributed by atoms with Crippen LogP contribution < -0.4 is 14.2 Å². The van der Waals surface area contributed by atoms with Crippen LogP contribution in [-0.2, 0) is 4.79 Å². The van der Waals surface area contributed by atoms with Gasteiger partial charge >= 0.3 is 0 Å². The van der Waals surface area contributed by atoms with Crippen LogP contribution in [0, 0.1) is 5.41 Å². The summed E-state index contributed by atoms with van der Waals surface area (Å²) in [5.41, 5.74) is 1.70. The molecule has 3 aromatic rings. The highest BCUT2D eigenvalue weighted by atomic mass is 32.2. The first-order valence-electron chi connectivity index (χ1n) is 11.0. The summed E-state index contributed by atoms with van der Waals surface area (Å²) in [6, 6.07) is 18.3. The molecule has 5 rings (SSSR count). The third-order valence-electron chi connectivity index (χ3n) is 5.23. The monoisotopic (exact) mass is 499 g/mol. The summed E-state index contributed by atoms with van der Waals surface area (Å²) in [7, 11) is 1.60. The number of amides is 1. The van der Waals surface area contributed by atoms with Crippen LogP contribution in [-0.4, -0.2) is 52.3 Å². The number of pyridine rings is 1. The third-order valence-corrected chi connectivity index (χ3v) is 6.19. The number of benzene rings is 2. The quantitative estimate of drug-likeness (QED) is 0.365. The van der Waals surface area contributed by atoms with E-state index in [0.717, 1.165) is 11.1 Å². The number of aromatic nitrogens is 1. The Labute approximate surface area is 211 Å². The van der Waals surface area contributed by atoms with Crippen molar-refractivity contribution in [2.45, 2.75) is 0 Å². The van der Waals surface area contributed by atoms with Crippen LogP contribution in [0.5, 0.6) is 17.2 Å². The van der Waals surface area contributed by atoms with Crippen molar-refractivity contribution in [1.29, 1.82) is 5.41 Å². The van der Waals surface area contributed by atoms with Crippen molar-refractivity contribution in [1.82, 2.24) is 9.99 Å². The molecule has 2 aliphatic heterocycles. The van der Waals surface area contributed by atoms with Crippen molar-refractivity contribution in [3.8, 4) is 17.2 Å². The first-order chi connectivity index (χ1) is 17.6. The van der Waals surface area contributed by atoms with Gasteiger partial charge in [0.15, 0.2) is 17.3 Å². The Kier molecular flexibility index (Phi) is 6.76. The number of rotatable bonds is 8. The van der Waals surface area contributed by atoms with Gasteiger partial charge in [0.25, 0.3) is 5.91 Å². The first-order valence-corrected chi connectivity index (χ1v) is 11.8. The second-order valence-corrected chi connectivity index (χ2v) is 8.54. The minimum Gasteiger partial charge on any atom is -0.493 e. The van der Waals surface area contributed by atoms with E-state index in [1.165, 1.54) is 16.8 Å². The Morgan fingerprint density at radius 2 is 1.78 bits per heavy atom. The minimum atomic E-state index is -0.477. The Bertz CT molecular complexity index is 1390. The van der Waals surface area contributed by atoms with Crippen molar-refractivity contribution in [2.75, 3.05) is 20.3 Å². The number of carbonyl (C=O) groups is 1. The summed E-state index contributed by atoms with van der Waals surface area (Å²) in [6.07, 6.45) is 4.98. The number of aliphatic imine (C=N–C) groups is 1. The molecule has 0 radical (unpaired) electrons. The number of ether oxygens (including phenoxy) is 3. The number of nitrogens with zero attached hydrogens (tertiary/aromatic N) is 4. The summed E-state index contributed by atoms with van der Waals surface area (Å²) >= 11 is 1.24. The summed E-state index contributed by atoms with van der Waals surface area (Å²) in [6.45, 7) is 0.705. The van der Waals surface area contributed by atoms with Gasteiger partial charge in [-0.15, -0.1) is 0 Å². The molecule has 180 valence electrons. The maximum absolute atomic E-state index is 12.7. The fourth-order valence-electron chi connectivity index (χ4n) is 3.47. The number of fused-ring (bicyclic) bond motifs is 1. The lowest BCUT2D eigenvalue weighted by molar-refractivity contribution is -0.114. The van der Waals surface area contributed by atoms with Gasteiger partial charge in [0.05, 0.1) is 12.7 Å². The molecule has 3 heterocycles. The van der Waals surface area contributed by atoms with E-state index in [9.17, 15) is 4.79 Å². The summed E-state index contributed by atoms with van der Waals surface area (Å²) in [4.78, 5) is 20.9. The molecule has 9 nitrogen and oxygen atoms in total. The maximum atomic E-state index is 12.7. The number of amidine groups is 2. The standard InChI is InChI=1S/C26H21N5O4S/c1-33-21-6-2-3-7-22(21)35-14-13-34-19-10-8-17(9-11-19)15-20-23(27)31-26(29-24(20)32)36-25(30-31)18-5-4-12-28-16-18/h2-12,15-16,27H,13-14H2,1H3/b20-15-,27-23?. The average Bonchev–Trinajstić information content (AvgIpc) is 3.35. The zero-order valence-electron chi connectivity index (χ0n) is 19.2. The minimum absolute atomic E-state index is 0.0230. The molecular formula is C26H21N5O4S. The fourth-order valence-corrected chi connectivity index (χ4v) is 4.36. The van der Waals surface area contributed by atoms with Crippen molar-refractivity contribution >= 4 is 39.8 Å². The smallest absolute Gasteiger partial charge is 0.283 e. The lowest BCUT2D eigenvalue weighted by Crippen LogP contribution is -2.35. The van der Waals surface area contributed by atoms with Crippen LogP contribution in [0.3, 0.4) is 0 Å². The van der Waals surface area contributed by atoms with Gasteiger partial charge in [-0.3, -0.25) is 15.2 Å². The van der Waals surface area contributed by atoms with E-state index in [0.29, 0.717) is 40.7 Å². The number of hydrogen-bond donors (Lipinski definition) is 1. The second-order valence-electron chi connectivity index (χ2n) is 7.58. The molecule has 0 saturated heterocycles. The van der Waals surface area contributed by atoms with Crippen molar-refractivity contribution < 1.29 is 19.0 Å². The lowest BCUT2D eigenvalue weighted by Gasteiger charge is -2.20. The zero-order valence-corrected chi connectivity index (χ0v) is 20.1. The van der Waals surface area contributed by atoms with Crippen LogP contribution >= 0.6 is 11.8 Å². The zero-order chi connectivity index (χ0) is 24.9. The molecule has 1 aromatic heterocycles. The second kappa shape index (κ2) is 10.4. The number of carbonyl (C=O) groups excluding carboxylic acids is 1. The molecule has 2 aromatic carbocycles. The van der Waals surface area contributed by atoms with Gasteiger partial charge < -0.3 is 14.2 Å². The Hall–Kier alpha value is -4.44. The molecular weight excluding hydrogens is 478 g/mol. The van der Waals surface area contributed by atoms with E-state index in [2.05, 4.69) is 15.1 Å². The van der Waals surface area contributed by atoms with Gasteiger partial charge in [-0.25, -0.2) is 0 Å². The van der Waals surface area contributed by atoms with Crippen molar-refractivity contribution in [3.05, 3.63) is 89.8 Å². The number of hydrazone groups is 1. The summed E-state index contributed by atoms with van der Waals surface area (Å²) < 4.78 is 16.7. The van der Waals surface area contributed by atoms with Crippen molar-refractivity contribution in [3.63, 3.8) is 0 Å². The van der Waals surface area contributed by atoms with Crippen LogP contribution in [0.2, 0.25) is 0 Å². The van der Waals surface area contributed by atoms with Crippen LogP contribution in [0.15, 0.2) is 88.7 Å². The fraction of sp³-hybridized carbons (Fsp3) is 0.115. The Balaban J connectivity index is 1.22. The van der Waals surface area contributed by atoms with Gasteiger partial charge in [-0.1, -0.05) is 24.3 Å². The molecule has 0 aliphatic carbocycles. The highest BCUT2D eigenvalue weighted by molar-refractivity contribution is 8.27. The van der Waals surface area contributed by atoms with E-state index >= 15 is 0 Å². The maximum Gasteiger partial charge on any atom is 0.283 e. The van der Waals surface area contributed by atoms with Gasteiger partial charge in [0.1, 0.15) is 24.0 Å². The molecule has 0 bridgehead atoms. The van der Waals surface area contributed by atoms with E-state index in [4.69, 9.17) is 19.6 Å². The highest BCUT2D eigenvalue weighted by Crippen LogP contribution is 2.31. The van der Waals surface area contributed by atoms with Crippen molar-refractivity contribution in [2.24, 2.45) is 10.1 Å². The molecule has 0 atom stereocenters. The van der Waals surface area contributed by atoms with Gasteiger partial charge in [0.2, 0.25) is 5.17 Å². The van der Waals surface area contributed by atoms with Gasteiger partial charge in [-0.2, -0.15) is 15.1 Å². The first kappa shape index (κ1) is 23.3. The molecule has 10 heteroatoms. The lowest BCUT2D eigenvalue weighted by atomic mass is 10.1. The molecule has 0 spiro atoms. The molecule has 0 saturated carbocycles. The summed E-state index contributed by atoms with van der Waals surface area (Å²) in [5, 5.41) is 15.4. The Morgan fingerprint density at radius 1 is 1.00 bits per heavy atom. The van der Waals surface area contributed by atoms with E-state index < -0.39 is 5.91 Å². The van der Waals surface area contributed by atoms with Crippen LogP contribution in [0.1, 0.15) is 11.1 Å². The number of nitrogens with one attached hydrogen (secondary N) is 1. The molecule has 0 fully saturated rings. The summed E-state index contributed by atoms with van der Waals surface area (Å²) in [5.74, 6) is 1.48. The molecule has 36 heavy (non-hydrogen) atoms.